The molecule has 24 heavy (non-hydrogen) atoms. The number of benzene rings is 2. The number of nitriles is 1. The van der Waals surface area contributed by atoms with Crippen LogP contribution < -0.4 is 16.4 Å². The van der Waals surface area contributed by atoms with Crippen LogP contribution >= 0.6 is 0 Å². The van der Waals surface area contributed by atoms with Crippen LogP contribution in [0.25, 0.3) is 11.1 Å². The molecular weight excluding hydrogens is 317 g/mol. The number of nitrogens with zero attached hydrogens (tertiary/aromatic N) is 1. The Morgan fingerprint density at radius 1 is 1.00 bits per heavy atom. The van der Waals surface area contributed by atoms with E-state index in [2.05, 4.69) is 22.5 Å². The van der Waals surface area contributed by atoms with Gasteiger partial charge in [0.2, 0.25) is 0 Å². The van der Waals surface area contributed by atoms with E-state index in [4.69, 9.17) is 5.26 Å². The molecule has 0 amide bonds. The predicted molar refractivity (Wildman–Crippen MR) is 83.2 cm³/mol. The van der Waals surface area contributed by atoms with Crippen LogP contribution in [0.4, 0.5) is 13.2 Å². The molecule has 1 saturated heterocycles. The first-order valence-corrected chi connectivity index (χ1v) is 7.39. The standard InChI is InChI=1S/C17H15F3N4/c18-17(19,20)14-6-2-5-13(9-14)12-4-1-3-11(7-12)8-15-16(10-21)23-24-22-15/h1-7,9,15-16,22-24H,8H2. The zero-order chi connectivity index (χ0) is 17.2. The third-order valence-corrected chi connectivity index (χ3v) is 3.93. The van der Waals surface area contributed by atoms with Crippen LogP contribution in [0.2, 0.25) is 0 Å². The molecule has 0 bridgehead atoms. The van der Waals surface area contributed by atoms with Crippen molar-refractivity contribution in [2.45, 2.75) is 24.7 Å². The van der Waals surface area contributed by atoms with Gasteiger partial charge in [-0.15, -0.1) is 0 Å². The highest BCUT2D eigenvalue weighted by Crippen LogP contribution is 2.32. The van der Waals surface area contributed by atoms with Gasteiger partial charge in [-0.3, -0.25) is 0 Å². The third-order valence-electron chi connectivity index (χ3n) is 3.93. The summed E-state index contributed by atoms with van der Waals surface area (Å²) in [6.45, 7) is 0. The fourth-order valence-corrected chi connectivity index (χ4v) is 2.69. The SMILES string of the molecule is N#CC1NNNC1Cc1cccc(-c2cccc(C(F)(F)F)c2)c1. The fraction of sp³-hybridized carbons (Fsp3) is 0.235. The lowest BCUT2D eigenvalue weighted by atomic mass is 9.96. The molecule has 124 valence electrons. The van der Waals surface area contributed by atoms with Crippen molar-refractivity contribution >= 4 is 0 Å². The van der Waals surface area contributed by atoms with E-state index in [9.17, 15) is 13.2 Å². The molecule has 7 heteroatoms. The highest BCUT2D eigenvalue weighted by Gasteiger charge is 2.30. The first-order chi connectivity index (χ1) is 11.5. The molecular formula is C17H15F3N4. The summed E-state index contributed by atoms with van der Waals surface area (Å²) in [6, 6.07) is 14.3. The van der Waals surface area contributed by atoms with Crippen molar-refractivity contribution < 1.29 is 13.2 Å². The predicted octanol–water partition coefficient (Wildman–Crippen LogP) is 2.79. The van der Waals surface area contributed by atoms with E-state index in [1.165, 1.54) is 6.07 Å². The van der Waals surface area contributed by atoms with Crippen LogP contribution in [-0.2, 0) is 12.6 Å². The fourth-order valence-electron chi connectivity index (χ4n) is 2.69. The minimum atomic E-state index is -4.36. The van der Waals surface area contributed by atoms with Crippen LogP contribution in [0.1, 0.15) is 11.1 Å². The topological polar surface area (TPSA) is 59.9 Å². The lowest BCUT2D eigenvalue weighted by Gasteiger charge is -2.13. The van der Waals surface area contributed by atoms with Gasteiger partial charge in [0.05, 0.1) is 17.7 Å². The van der Waals surface area contributed by atoms with Gasteiger partial charge in [0.25, 0.3) is 0 Å². The second-order valence-corrected chi connectivity index (χ2v) is 5.61. The summed E-state index contributed by atoms with van der Waals surface area (Å²) in [4.78, 5) is 0. The van der Waals surface area contributed by atoms with Gasteiger partial charge in [0, 0.05) is 0 Å². The lowest BCUT2D eigenvalue weighted by molar-refractivity contribution is -0.137. The van der Waals surface area contributed by atoms with E-state index in [-0.39, 0.29) is 12.1 Å². The first kappa shape index (κ1) is 16.5. The van der Waals surface area contributed by atoms with Gasteiger partial charge in [-0.2, -0.15) is 24.0 Å². The lowest BCUT2D eigenvalue weighted by Crippen LogP contribution is -2.34. The maximum atomic E-state index is 12.9. The van der Waals surface area contributed by atoms with Crippen molar-refractivity contribution in [1.29, 1.82) is 5.26 Å². The van der Waals surface area contributed by atoms with Crippen molar-refractivity contribution in [3.63, 3.8) is 0 Å². The second-order valence-electron chi connectivity index (χ2n) is 5.61. The van der Waals surface area contributed by atoms with Gasteiger partial charge >= 0.3 is 6.18 Å². The highest BCUT2D eigenvalue weighted by molar-refractivity contribution is 5.65. The smallest absolute Gasteiger partial charge is 0.238 e. The van der Waals surface area contributed by atoms with Crippen molar-refractivity contribution in [3.8, 4) is 17.2 Å². The Morgan fingerprint density at radius 3 is 2.42 bits per heavy atom. The Balaban J connectivity index is 1.85. The highest BCUT2D eigenvalue weighted by atomic mass is 19.4. The molecule has 3 N–H and O–H groups in total. The van der Waals surface area contributed by atoms with Crippen LogP contribution in [-0.4, -0.2) is 12.1 Å². The summed E-state index contributed by atoms with van der Waals surface area (Å²) in [6.07, 6.45) is -3.79. The molecule has 0 aliphatic carbocycles. The number of hydrazine groups is 2. The maximum Gasteiger partial charge on any atom is 0.416 e. The zero-order valence-corrected chi connectivity index (χ0v) is 12.6. The molecule has 0 saturated carbocycles. The average molecular weight is 332 g/mol. The Bertz CT molecular complexity index is 767. The van der Waals surface area contributed by atoms with Crippen LogP contribution in [0.5, 0.6) is 0 Å². The first-order valence-electron chi connectivity index (χ1n) is 7.39. The summed E-state index contributed by atoms with van der Waals surface area (Å²) in [5.74, 6) is 0. The molecule has 0 spiro atoms. The Hall–Kier alpha value is -2.40. The molecule has 1 aliphatic rings. The van der Waals surface area contributed by atoms with Crippen molar-refractivity contribution in [2.24, 2.45) is 0 Å². The normalized spacial score (nSPS) is 20.8. The molecule has 1 heterocycles. The summed E-state index contributed by atoms with van der Waals surface area (Å²) < 4.78 is 38.6. The van der Waals surface area contributed by atoms with Crippen LogP contribution in [0.15, 0.2) is 48.5 Å². The number of hydrogen-bond donors (Lipinski definition) is 3. The van der Waals surface area contributed by atoms with Gasteiger partial charge in [0.1, 0.15) is 6.04 Å². The maximum absolute atomic E-state index is 12.9. The summed E-state index contributed by atoms with van der Waals surface area (Å²) in [5.41, 5.74) is 9.98. The zero-order valence-electron chi connectivity index (χ0n) is 12.6. The van der Waals surface area contributed by atoms with E-state index in [0.29, 0.717) is 17.5 Å². The number of rotatable bonds is 3. The van der Waals surface area contributed by atoms with Crippen molar-refractivity contribution in [1.82, 2.24) is 16.4 Å². The van der Waals surface area contributed by atoms with E-state index < -0.39 is 11.7 Å². The van der Waals surface area contributed by atoms with Gasteiger partial charge < -0.3 is 0 Å². The third kappa shape index (κ3) is 3.57. The van der Waals surface area contributed by atoms with Gasteiger partial charge in [-0.05, 0) is 35.2 Å². The van der Waals surface area contributed by atoms with E-state index in [1.54, 1.807) is 12.1 Å². The molecule has 4 nitrogen and oxygen atoms in total. The summed E-state index contributed by atoms with van der Waals surface area (Å²) in [7, 11) is 0. The Kier molecular flexibility index (Phi) is 4.53. The molecule has 1 fully saturated rings. The van der Waals surface area contributed by atoms with Crippen molar-refractivity contribution in [3.05, 3.63) is 59.7 Å². The minimum Gasteiger partial charge on any atom is -0.238 e. The molecule has 3 rings (SSSR count). The Morgan fingerprint density at radius 2 is 1.71 bits per heavy atom. The number of halogens is 3. The van der Waals surface area contributed by atoms with Gasteiger partial charge in [-0.1, -0.05) is 36.4 Å². The van der Waals surface area contributed by atoms with Crippen LogP contribution in [0.3, 0.4) is 0 Å². The van der Waals surface area contributed by atoms with Gasteiger partial charge in [-0.25, -0.2) is 10.9 Å². The largest absolute Gasteiger partial charge is 0.416 e. The quantitative estimate of drug-likeness (QED) is 0.809. The number of hydrogen-bond acceptors (Lipinski definition) is 4. The molecule has 2 aromatic rings. The number of alkyl halides is 3. The minimum absolute atomic E-state index is 0.119. The van der Waals surface area contributed by atoms with Crippen LogP contribution in [0, 0.1) is 11.3 Å². The summed E-state index contributed by atoms with van der Waals surface area (Å²) in [5, 5.41) is 9.05. The van der Waals surface area contributed by atoms with Gasteiger partial charge in [0.15, 0.2) is 0 Å². The molecule has 0 radical (unpaired) electrons. The Labute approximate surface area is 137 Å². The van der Waals surface area contributed by atoms with E-state index >= 15 is 0 Å². The van der Waals surface area contributed by atoms with E-state index in [1.807, 2.05) is 18.2 Å². The molecule has 2 unspecified atom stereocenters. The van der Waals surface area contributed by atoms with Crippen molar-refractivity contribution in [2.75, 3.05) is 0 Å². The summed E-state index contributed by atoms with van der Waals surface area (Å²) >= 11 is 0. The second kappa shape index (κ2) is 6.61. The average Bonchev–Trinajstić information content (AvgIpc) is 3.01. The molecule has 1 aliphatic heterocycles. The van der Waals surface area contributed by atoms with E-state index in [0.717, 1.165) is 17.7 Å². The molecule has 0 aromatic heterocycles. The number of nitrogens with one attached hydrogen (secondary N) is 3. The molecule has 2 atom stereocenters. The monoisotopic (exact) mass is 332 g/mol. The molecule has 2 aromatic carbocycles.